The van der Waals surface area contributed by atoms with Gasteiger partial charge in [0.1, 0.15) is 17.4 Å². The summed E-state index contributed by atoms with van der Waals surface area (Å²) < 4.78 is 52.4. The van der Waals surface area contributed by atoms with Crippen LogP contribution in [0.5, 0.6) is 5.75 Å². The van der Waals surface area contributed by atoms with Gasteiger partial charge in [0.05, 0.1) is 18.4 Å². The van der Waals surface area contributed by atoms with Crippen molar-refractivity contribution in [3.63, 3.8) is 0 Å². The van der Waals surface area contributed by atoms with Crippen LogP contribution in [0.4, 0.5) is 13.2 Å². The molecule has 6 rings (SSSR count). The number of carbonyl (C=O) groups excluding carboxylic acids is 1. The van der Waals surface area contributed by atoms with Gasteiger partial charge in [0.15, 0.2) is 12.2 Å². The van der Waals surface area contributed by atoms with Crippen molar-refractivity contribution in [1.82, 2.24) is 9.80 Å². The zero-order chi connectivity index (χ0) is 30.4. The fourth-order valence-corrected chi connectivity index (χ4v) is 6.50. The Labute approximate surface area is 250 Å². The number of alkyl halides is 2. The number of ether oxygens (including phenoxy) is 2. The molecule has 2 aromatic carbocycles. The molecule has 1 spiro atoms. The van der Waals surface area contributed by atoms with Gasteiger partial charge in [0.25, 0.3) is 5.92 Å². The highest BCUT2D eigenvalue weighted by Crippen LogP contribution is 2.49. The van der Waals surface area contributed by atoms with E-state index in [2.05, 4.69) is 21.0 Å². The average Bonchev–Trinajstić information content (AvgIpc) is 3.71. The summed E-state index contributed by atoms with van der Waals surface area (Å²) in [5.41, 5.74) is 2.76. The number of oxime groups is 1. The summed E-state index contributed by atoms with van der Waals surface area (Å²) in [7, 11) is 0. The number of benzene rings is 2. The molecule has 2 saturated heterocycles. The number of hydrogen-bond acceptors (Lipinski definition) is 7. The van der Waals surface area contributed by atoms with Gasteiger partial charge >= 0.3 is 5.97 Å². The molecule has 4 aliphatic rings. The van der Waals surface area contributed by atoms with Crippen LogP contribution in [0.25, 0.3) is 11.1 Å². The van der Waals surface area contributed by atoms with Crippen molar-refractivity contribution in [2.45, 2.75) is 76.9 Å². The monoisotopic (exact) mass is 599 g/mol. The first-order chi connectivity index (χ1) is 20.5. The molecule has 232 valence electrons. The first kappa shape index (κ1) is 29.8. The number of esters is 1. The lowest BCUT2D eigenvalue weighted by atomic mass is 9.80. The van der Waals surface area contributed by atoms with Crippen molar-refractivity contribution in [3.05, 3.63) is 53.3 Å². The Hall–Kier alpha value is -3.27. The van der Waals surface area contributed by atoms with E-state index in [0.717, 1.165) is 80.2 Å². The molecule has 0 atom stereocenters. The lowest BCUT2D eigenvalue weighted by Crippen LogP contribution is -2.61. The second-order valence-electron chi connectivity index (χ2n) is 13.1. The lowest BCUT2D eigenvalue weighted by Gasteiger charge is -2.46. The SMILES string of the molecule is CCOC(=O)C1(C)CCN(C2=NOC3(C2)CN(Cc2cc(OCC(C)(F)F)c(-c4ccc(F)cc4)c(C4CC4)c2)C3)CC1. The Morgan fingerprint density at radius 3 is 2.47 bits per heavy atom. The molecule has 0 amide bonds. The number of hydrogen-bond donors (Lipinski definition) is 0. The number of piperidine rings is 1. The molecule has 7 nitrogen and oxygen atoms in total. The van der Waals surface area contributed by atoms with E-state index in [-0.39, 0.29) is 17.4 Å². The molecule has 3 aliphatic heterocycles. The van der Waals surface area contributed by atoms with E-state index in [1.54, 1.807) is 12.1 Å². The Morgan fingerprint density at radius 2 is 1.84 bits per heavy atom. The third-order valence-corrected chi connectivity index (χ3v) is 9.08. The molecule has 1 saturated carbocycles. The van der Waals surface area contributed by atoms with Crippen LogP contribution in [0.1, 0.15) is 69.9 Å². The third kappa shape index (κ3) is 6.49. The van der Waals surface area contributed by atoms with Crippen LogP contribution in [0.3, 0.4) is 0 Å². The zero-order valence-corrected chi connectivity index (χ0v) is 25.1. The summed E-state index contributed by atoms with van der Waals surface area (Å²) in [6, 6.07) is 10.1. The molecule has 3 heterocycles. The first-order valence-electron chi connectivity index (χ1n) is 15.3. The Kier molecular flexibility index (Phi) is 7.85. The van der Waals surface area contributed by atoms with Crippen LogP contribution in [-0.4, -0.2) is 72.5 Å². The van der Waals surface area contributed by atoms with E-state index >= 15 is 0 Å². The standard InChI is InChI=1S/C33H40F3N3O4/c1-4-41-30(40)31(2)11-13-39(14-12-31)28-17-33(43-37-28)19-38(20-33)18-22-15-26(23-5-6-23)29(24-7-9-25(34)10-8-24)27(16-22)42-21-32(3,35)36/h7-10,15-16,23H,4-6,11-14,17-21H2,1-3H3. The topological polar surface area (TPSA) is 63.6 Å². The van der Waals surface area contributed by atoms with Crippen molar-refractivity contribution < 1.29 is 32.3 Å². The second-order valence-corrected chi connectivity index (χ2v) is 13.1. The lowest BCUT2D eigenvalue weighted by molar-refractivity contribution is -0.156. The molecule has 1 aliphatic carbocycles. The third-order valence-electron chi connectivity index (χ3n) is 9.08. The van der Waals surface area contributed by atoms with Gasteiger partial charge in [-0.15, -0.1) is 0 Å². The summed E-state index contributed by atoms with van der Waals surface area (Å²) in [6.07, 6.45) is 4.20. The number of halogens is 3. The normalized spacial score (nSPS) is 21.3. The number of likely N-dealkylation sites (tertiary alicyclic amines) is 2. The van der Waals surface area contributed by atoms with Crippen molar-refractivity contribution in [3.8, 4) is 16.9 Å². The summed E-state index contributed by atoms with van der Waals surface area (Å²) in [6.45, 7) is 7.82. The highest BCUT2D eigenvalue weighted by atomic mass is 19.3. The van der Waals surface area contributed by atoms with E-state index < -0.39 is 17.9 Å². The minimum atomic E-state index is -2.98. The number of rotatable bonds is 9. The Bertz CT molecular complexity index is 1370. The molecule has 0 unspecified atom stereocenters. The Morgan fingerprint density at radius 1 is 1.14 bits per heavy atom. The van der Waals surface area contributed by atoms with Crippen LogP contribution in [0, 0.1) is 11.2 Å². The smallest absolute Gasteiger partial charge is 0.311 e. The molecule has 2 aromatic rings. The minimum absolute atomic E-state index is 0.127. The van der Waals surface area contributed by atoms with Crippen LogP contribution >= 0.6 is 0 Å². The minimum Gasteiger partial charge on any atom is -0.487 e. The van der Waals surface area contributed by atoms with Crippen LogP contribution < -0.4 is 4.74 Å². The van der Waals surface area contributed by atoms with Crippen LogP contribution in [0.15, 0.2) is 41.6 Å². The summed E-state index contributed by atoms with van der Waals surface area (Å²) in [5, 5.41) is 4.45. The fraction of sp³-hybridized carbons (Fsp3) is 0.576. The van der Waals surface area contributed by atoms with Gasteiger partial charge in [-0.2, -0.15) is 0 Å². The van der Waals surface area contributed by atoms with Gasteiger partial charge < -0.3 is 19.2 Å². The molecule has 0 aromatic heterocycles. The maximum absolute atomic E-state index is 13.8. The quantitative estimate of drug-likeness (QED) is 0.313. The van der Waals surface area contributed by atoms with Crippen LogP contribution in [0.2, 0.25) is 0 Å². The van der Waals surface area contributed by atoms with E-state index in [4.69, 9.17) is 14.3 Å². The molecule has 0 radical (unpaired) electrons. The van der Waals surface area contributed by atoms with E-state index in [0.29, 0.717) is 37.9 Å². The molecule has 3 fully saturated rings. The molecule has 0 N–H and O–H groups in total. The second kappa shape index (κ2) is 11.3. The van der Waals surface area contributed by atoms with Crippen molar-refractivity contribution >= 4 is 11.8 Å². The maximum Gasteiger partial charge on any atom is 0.311 e. The molecular formula is C33H40F3N3O4. The largest absolute Gasteiger partial charge is 0.487 e. The Balaban J connectivity index is 1.12. The van der Waals surface area contributed by atoms with E-state index in [1.807, 2.05) is 19.9 Å². The van der Waals surface area contributed by atoms with E-state index in [1.165, 1.54) is 12.1 Å². The molecule has 43 heavy (non-hydrogen) atoms. The zero-order valence-electron chi connectivity index (χ0n) is 25.1. The maximum atomic E-state index is 13.8. The first-order valence-corrected chi connectivity index (χ1v) is 15.3. The number of amidine groups is 1. The highest BCUT2D eigenvalue weighted by Gasteiger charge is 2.51. The van der Waals surface area contributed by atoms with Gasteiger partial charge in [-0.25, -0.2) is 13.2 Å². The van der Waals surface area contributed by atoms with Gasteiger partial charge in [0.2, 0.25) is 0 Å². The van der Waals surface area contributed by atoms with Gasteiger partial charge in [-0.1, -0.05) is 23.4 Å². The van der Waals surface area contributed by atoms with E-state index in [9.17, 15) is 18.0 Å². The summed E-state index contributed by atoms with van der Waals surface area (Å²) in [4.78, 5) is 22.9. The molecule has 10 heteroatoms. The predicted molar refractivity (Wildman–Crippen MR) is 157 cm³/mol. The van der Waals surface area contributed by atoms with Crippen molar-refractivity contribution in [1.29, 1.82) is 0 Å². The van der Waals surface area contributed by atoms with Crippen molar-refractivity contribution in [2.24, 2.45) is 10.6 Å². The predicted octanol–water partition coefficient (Wildman–Crippen LogP) is 6.36. The average molecular weight is 600 g/mol. The number of nitrogens with zero attached hydrogens (tertiary/aromatic N) is 3. The van der Waals surface area contributed by atoms with Gasteiger partial charge in [0, 0.05) is 45.2 Å². The number of carbonyl (C=O) groups is 1. The molecule has 0 bridgehead atoms. The summed E-state index contributed by atoms with van der Waals surface area (Å²) in [5.74, 6) is -1.79. The van der Waals surface area contributed by atoms with Gasteiger partial charge in [-0.3, -0.25) is 9.69 Å². The van der Waals surface area contributed by atoms with Crippen LogP contribution in [-0.2, 0) is 20.9 Å². The van der Waals surface area contributed by atoms with Crippen molar-refractivity contribution in [2.75, 3.05) is 39.4 Å². The highest BCUT2D eigenvalue weighted by molar-refractivity contribution is 5.85. The summed E-state index contributed by atoms with van der Waals surface area (Å²) >= 11 is 0. The van der Waals surface area contributed by atoms with Gasteiger partial charge in [-0.05, 0) is 80.3 Å². The molecular weight excluding hydrogens is 559 g/mol. The fourth-order valence-electron chi connectivity index (χ4n) is 6.50.